The van der Waals surface area contributed by atoms with E-state index in [4.69, 9.17) is 5.73 Å². The summed E-state index contributed by atoms with van der Waals surface area (Å²) in [6.45, 7) is 8.13. The van der Waals surface area contributed by atoms with Crippen molar-refractivity contribution in [3.63, 3.8) is 0 Å². The lowest BCUT2D eigenvalue weighted by Gasteiger charge is -2.26. The molecule has 1 aliphatic rings. The van der Waals surface area contributed by atoms with Crippen molar-refractivity contribution in [2.75, 3.05) is 31.9 Å². The van der Waals surface area contributed by atoms with Crippen LogP contribution in [0.2, 0.25) is 0 Å². The SMILES string of the molecule is CCN(CC)C1CCN(C(=O)Cc2ccc(N)cn2)C1. The van der Waals surface area contributed by atoms with Crippen molar-refractivity contribution in [1.29, 1.82) is 0 Å². The van der Waals surface area contributed by atoms with Gasteiger partial charge in [-0.05, 0) is 31.6 Å². The van der Waals surface area contributed by atoms with Gasteiger partial charge >= 0.3 is 0 Å². The standard InChI is InChI=1S/C15H24N4O/c1-3-18(4-2)14-7-8-19(11-14)15(20)9-13-6-5-12(16)10-17-13/h5-6,10,14H,3-4,7-9,11,16H2,1-2H3. The van der Waals surface area contributed by atoms with E-state index in [0.29, 0.717) is 18.2 Å². The van der Waals surface area contributed by atoms with E-state index in [-0.39, 0.29) is 5.91 Å². The predicted molar refractivity (Wildman–Crippen MR) is 80.3 cm³/mol. The van der Waals surface area contributed by atoms with Crippen LogP contribution in [0.4, 0.5) is 5.69 Å². The topological polar surface area (TPSA) is 62.5 Å². The van der Waals surface area contributed by atoms with Crippen LogP contribution < -0.4 is 5.73 Å². The zero-order chi connectivity index (χ0) is 14.5. The van der Waals surface area contributed by atoms with E-state index < -0.39 is 0 Å². The first-order valence-electron chi connectivity index (χ1n) is 7.36. The smallest absolute Gasteiger partial charge is 0.228 e. The molecule has 0 bridgehead atoms. The number of nitrogen functional groups attached to an aromatic ring is 1. The highest BCUT2D eigenvalue weighted by Gasteiger charge is 2.29. The van der Waals surface area contributed by atoms with E-state index in [1.165, 1.54) is 0 Å². The lowest BCUT2D eigenvalue weighted by molar-refractivity contribution is -0.129. The van der Waals surface area contributed by atoms with E-state index in [1.807, 2.05) is 11.0 Å². The maximum Gasteiger partial charge on any atom is 0.228 e. The van der Waals surface area contributed by atoms with Crippen molar-refractivity contribution in [3.05, 3.63) is 24.0 Å². The van der Waals surface area contributed by atoms with E-state index >= 15 is 0 Å². The Morgan fingerprint density at radius 3 is 2.80 bits per heavy atom. The third-order valence-corrected chi connectivity index (χ3v) is 4.02. The van der Waals surface area contributed by atoms with Crippen molar-refractivity contribution in [2.24, 2.45) is 0 Å². The molecule has 1 aliphatic heterocycles. The Kier molecular flexibility index (Phi) is 4.95. The van der Waals surface area contributed by atoms with Crippen molar-refractivity contribution in [1.82, 2.24) is 14.8 Å². The number of likely N-dealkylation sites (N-methyl/N-ethyl adjacent to an activating group) is 1. The maximum absolute atomic E-state index is 12.3. The van der Waals surface area contributed by atoms with Gasteiger partial charge in [0.05, 0.1) is 18.3 Å². The highest BCUT2D eigenvalue weighted by atomic mass is 16.2. The third-order valence-electron chi connectivity index (χ3n) is 4.02. The number of carbonyl (C=O) groups excluding carboxylic acids is 1. The minimum absolute atomic E-state index is 0.164. The second kappa shape index (κ2) is 6.70. The van der Waals surface area contributed by atoms with Gasteiger partial charge in [-0.1, -0.05) is 13.8 Å². The Labute approximate surface area is 120 Å². The highest BCUT2D eigenvalue weighted by Crippen LogP contribution is 2.16. The molecule has 1 saturated heterocycles. The summed E-state index contributed by atoms with van der Waals surface area (Å²) in [7, 11) is 0. The summed E-state index contributed by atoms with van der Waals surface area (Å²) < 4.78 is 0. The minimum Gasteiger partial charge on any atom is -0.397 e. The van der Waals surface area contributed by atoms with Crippen molar-refractivity contribution in [3.8, 4) is 0 Å². The molecule has 1 unspecified atom stereocenters. The Hall–Kier alpha value is -1.62. The van der Waals surface area contributed by atoms with Gasteiger partial charge in [0.1, 0.15) is 0 Å². The molecule has 0 saturated carbocycles. The van der Waals surface area contributed by atoms with Gasteiger partial charge in [-0.3, -0.25) is 14.7 Å². The maximum atomic E-state index is 12.3. The molecule has 1 aromatic heterocycles. The van der Waals surface area contributed by atoms with Crippen LogP contribution in [0.1, 0.15) is 26.0 Å². The number of hydrogen-bond acceptors (Lipinski definition) is 4. The first-order chi connectivity index (χ1) is 9.63. The van der Waals surface area contributed by atoms with Gasteiger partial charge in [-0.15, -0.1) is 0 Å². The van der Waals surface area contributed by atoms with Crippen molar-refractivity contribution >= 4 is 11.6 Å². The van der Waals surface area contributed by atoms with Crippen LogP contribution in [0.25, 0.3) is 0 Å². The molecule has 1 aromatic rings. The van der Waals surface area contributed by atoms with E-state index in [9.17, 15) is 4.79 Å². The Balaban J connectivity index is 1.89. The van der Waals surface area contributed by atoms with Crippen LogP contribution in [0.3, 0.4) is 0 Å². The fourth-order valence-corrected chi connectivity index (χ4v) is 2.81. The number of anilines is 1. The molecule has 1 fully saturated rings. The number of carbonyl (C=O) groups is 1. The summed E-state index contributed by atoms with van der Waals surface area (Å²) in [4.78, 5) is 20.9. The van der Waals surface area contributed by atoms with Crippen molar-refractivity contribution < 1.29 is 4.79 Å². The molecule has 20 heavy (non-hydrogen) atoms. The second-order valence-electron chi connectivity index (χ2n) is 5.26. The zero-order valence-electron chi connectivity index (χ0n) is 12.4. The lowest BCUT2D eigenvalue weighted by Crippen LogP contribution is -2.39. The lowest BCUT2D eigenvalue weighted by atomic mass is 10.2. The minimum atomic E-state index is 0.164. The van der Waals surface area contributed by atoms with Gasteiger partial charge in [0.2, 0.25) is 5.91 Å². The van der Waals surface area contributed by atoms with E-state index in [2.05, 4.69) is 23.7 Å². The summed E-state index contributed by atoms with van der Waals surface area (Å²) in [6, 6.07) is 4.12. The molecule has 1 atom stereocenters. The van der Waals surface area contributed by atoms with Gasteiger partial charge < -0.3 is 10.6 Å². The molecule has 110 valence electrons. The first kappa shape index (κ1) is 14.8. The summed E-state index contributed by atoms with van der Waals surface area (Å²) in [5.74, 6) is 0.164. The number of amides is 1. The van der Waals surface area contributed by atoms with Crippen molar-refractivity contribution in [2.45, 2.75) is 32.7 Å². The monoisotopic (exact) mass is 276 g/mol. The van der Waals surface area contributed by atoms with Gasteiger partial charge in [-0.2, -0.15) is 0 Å². The second-order valence-corrected chi connectivity index (χ2v) is 5.26. The normalized spacial score (nSPS) is 18.8. The number of nitrogens with zero attached hydrogens (tertiary/aromatic N) is 3. The van der Waals surface area contributed by atoms with Crippen LogP contribution in [0.15, 0.2) is 18.3 Å². The molecule has 2 N–H and O–H groups in total. The molecule has 5 heteroatoms. The van der Waals surface area contributed by atoms with Crippen LogP contribution >= 0.6 is 0 Å². The summed E-state index contributed by atoms with van der Waals surface area (Å²) >= 11 is 0. The predicted octanol–water partition coefficient (Wildman–Crippen LogP) is 1.15. The van der Waals surface area contributed by atoms with Gasteiger partial charge in [-0.25, -0.2) is 0 Å². The van der Waals surface area contributed by atoms with Crippen LogP contribution in [-0.2, 0) is 11.2 Å². The van der Waals surface area contributed by atoms with Gasteiger partial charge in [0, 0.05) is 24.8 Å². The third kappa shape index (κ3) is 3.48. The zero-order valence-corrected chi connectivity index (χ0v) is 12.4. The molecule has 2 heterocycles. The first-order valence-corrected chi connectivity index (χ1v) is 7.36. The highest BCUT2D eigenvalue weighted by molar-refractivity contribution is 5.78. The molecule has 1 amide bonds. The molecule has 0 radical (unpaired) electrons. The molecule has 0 aromatic carbocycles. The number of nitrogens with two attached hydrogens (primary N) is 1. The summed E-state index contributed by atoms with van der Waals surface area (Å²) in [6.07, 6.45) is 3.04. The molecular formula is C15H24N4O. The number of aromatic nitrogens is 1. The fraction of sp³-hybridized carbons (Fsp3) is 0.600. The molecular weight excluding hydrogens is 252 g/mol. The number of rotatable bonds is 5. The van der Waals surface area contributed by atoms with E-state index in [0.717, 1.165) is 38.3 Å². The number of pyridine rings is 1. The average Bonchev–Trinajstić information content (AvgIpc) is 2.92. The van der Waals surface area contributed by atoms with Gasteiger partial charge in [0.25, 0.3) is 0 Å². The number of hydrogen-bond donors (Lipinski definition) is 1. The molecule has 0 aliphatic carbocycles. The number of likely N-dealkylation sites (tertiary alicyclic amines) is 1. The van der Waals surface area contributed by atoms with Crippen LogP contribution in [0.5, 0.6) is 0 Å². The Bertz CT molecular complexity index is 442. The van der Waals surface area contributed by atoms with Crippen LogP contribution in [0, 0.1) is 0 Å². The summed E-state index contributed by atoms with van der Waals surface area (Å²) in [5.41, 5.74) is 7.01. The van der Waals surface area contributed by atoms with Crippen LogP contribution in [-0.4, -0.2) is 52.9 Å². The van der Waals surface area contributed by atoms with E-state index in [1.54, 1.807) is 12.3 Å². The quantitative estimate of drug-likeness (QED) is 0.876. The Morgan fingerprint density at radius 1 is 1.45 bits per heavy atom. The molecule has 2 rings (SSSR count). The largest absolute Gasteiger partial charge is 0.397 e. The fourth-order valence-electron chi connectivity index (χ4n) is 2.81. The molecule has 5 nitrogen and oxygen atoms in total. The average molecular weight is 276 g/mol. The molecule has 0 spiro atoms. The Morgan fingerprint density at radius 2 is 2.20 bits per heavy atom. The summed E-state index contributed by atoms with van der Waals surface area (Å²) in [5, 5.41) is 0. The van der Waals surface area contributed by atoms with Gasteiger partial charge in [0.15, 0.2) is 0 Å².